The van der Waals surface area contributed by atoms with Gasteiger partial charge in [-0.25, -0.2) is 0 Å². The molecule has 2 atom stereocenters. The molecular formula is C23H39N2O2P. The topological polar surface area (TPSA) is 56.5 Å². The van der Waals surface area contributed by atoms with Crippen LogP contribution in [0.15, 0.2) is 12.1 Å². The maximum atomic E-state index is 6.23. The lowest BCUT2D eigenvalue weighted by Crippen LogP contribution is -2.15. The lowest BCUT2D eigenvalue weighted by atomic mass is 10.1. The van der Waals surface area contributed by atoms with Gasteiger partial charge in [-0.2, -0.15) is 0 Å². The maximum Gasteiger partial charge on any atom is 0.184 e. The molecular weight excluding hydrogens is 367 g/mol. The molecule has 158 valence electrons. The van der Waals surface area contributed by atoms with Crippen molar-refractivity contribution in [3.05, 3.63) is 17.7 Å². The highest BCUT2D eigenvalue weighted by atomic mass is 31.0. The van der Waals surface area contributed by atoms with Crippen molar-refractivity contribution in [3.63, 3.8) is 0 Å². The molecule has 0 amide bonds. The highest BCUT2D eigenvalue weighted by molar-refractivity contribution is 7.23. The van der Waals surface area contributed by atoms with Gasteiger partial charge in [-0.05, 0) is 43.5 Å². The second-order valence-electron chi connectivity index (χ2n) is 7.34. The Morgan fingerprint density at radius 1 is 1.14 bits per heavy atom. The molecule has 28 heavy (non-hydrogen) atoms. The number of unbranched alkanes of at least 4 members (excludes halogenated alkanes) is 5. The summed E-state index contributed by atoms with van der Waals surface area (Å²) in [4.78, 5) is 0. The Morgan fingerprint density at radius 3 is 2.61 bits per heavy atom. The third-order valence-corrected chi connectivity index (χ3v) is 4.92. The molecule has 0 saturated carbocycles. The number of anilines is 1. The summed E-state index contributed by atoms with van der Waals surface area (Å²) in [6.45, 7) is 6.80. The Balaban J connectivity index is 2.41. The minimum absolute atomic E-state index is 0.443. The zero-order valence-electron chi connectivity index (χ0n) is 18.0. The number of hydrogen-bond acceptors (Lipinski definition) is 4. The molecule has 0 radical (unpaired) electrons. The van der Waals surface area contributed by atoms with E-state index in [-0.39, 0.29) is 0 Å². The summed E-state index contributed by atoms with van der Waals surface area (Å²) in [5.74, 6) is 4.98. The largest absolute Gasteiger partial charge is 0.493 e. The molecule has 5 heteroatoms. The van der Waals surface area contributed by atoms with Gasteiger partial charge in [-0.1, -0.05) is 66.8 Å². The van der Waals surface area contributed by atoms with Crippen LogP contribution < -0.4 is 20.5 Å². The molecule has 0 aliphatic carbocycles. The number of methoxy groups -OCH3 is 1. The third kappa shape index (κ3) is 10.2. The van der Waals surface area contributed by atoms with E-state index in [4.69, 9.17) is 15.2 Å². The number of benzene rings is 1. The average molecular weight is 407 g/mol. The van der Waals surface area contributed by atoms with Gasteiger partial charge in [-0.3, -0.25) is 0 Å². The van der Waals surface area contributed by atoms with Gasteiger partial charge in [0.2, 0.25) is 0 Å². The van der Waals surface area contributed by atoms with E-state index >= 15 is 0 Å². The molecule has 1 rings (SSSR count). The molecule has 0 aromatic heterocycles. The normalized spacial score (nSPS) is 11.6. The summed E-state index contributed by atoms with van der Waals surface area (Å²) in [6.07, 6.45) is 9.64. The van der Waals surface area contributed by atoms with Crippen molar-refractivity contribution in [2.45, 2.75) is 71.8 Å². The molecule has 0 spiro atoms. The van der Waals surface area contributed by atoms with Crippen molar-refractivity contribution in [2.24, 2.45) is 5.92 Å². The number of hydrogen-bond donors (Lipinski definition) is 2. The average Bonchev–Trinajstić information content (AvgIpc) is 2.68. The van der Waals surface area contributed by atoms with Crippen LogP contribution in [0.3, 0.4) is 0 Å². The summed E-state index contributed by atoms with van der Waals surface area (Å²) >= 11 is 0. The van der Waals surface area contributed by atoms with Gasteiger partial charge in [0.05, 0.1) is 19.4 Å². The minimum Gasteiger partial charge on any atom is -0.493 e. The first-order chi connectivity index (χ1) is 13.6. The van der Waals surface area contributed by atoms with Gasteiger partial charge < -0.3 is 20.5 Å². The maximum absolute atomic E-state index is 6.23. The van der Waals surface area contributed by atoms with Crippen molar-refractivity contribution in [2.75, 3.05) is 26.0 Å². The van der Waals surface area contributed by atoms with Gasteiger partial charge in [0.1, 0.15) is 0 Å². The molecule has 2 unspecified atom stereocenters. The van der Waals surface area contributed by atoms with Crippen molar-refractivity contribution in [1.29, 1.82) is 0 Å². The Hall–Kier alpha value is -1.43. The van der Waals surface area contributed by atoms with E-state index in [0.717, 1.165) is 37.9 Å². The number of rotatable bonds is 15. The van der Waals surface area contributed by atoms with Gasteiger partial charge in [0, 0.05) is 12.5 Å². The van der Waals surface area contributed by atoms with E-state index in [9.17, 15) is 0 Å². The Labute approximate surface area is 174 Å². The van der Waals surface area contributed by atoms with Crippen molar-refractivity contribution >= 4 is 14.9 Å². The molecule has 0 bridgehead atoms. The smallest absolute Gasteiger partial charge is 0.184 e. The molecule has 0 saturated heterocycles. The number of nitrogens with one attached hydrogen (secondary N) is 1. The second kappa shape index (κ2) is 15.5. The van der Waals surface area contributed by atoms with E-state index in [2.05, 4.69) is 40.0 Å². The lowest BCUT2D eigenvalue weighted by molar-refractivity contribution is 0.286. The van der Waals surface area contributed by atoms with E-state index in [1.165, 1.54) is 32.1 Å². The van der Waals surface area contributed by atoms with E-state index < -0.39 is 0 Å². The van der Waals surface area contributed by atoms with E-state index in [0.29, 0.717) is 29.7 Å². The van der Waals surface area contributed by atoms with Crippen molar-refractivity contribution < 1.29 is 9.47 Å². The van der Waals surface area contributed by atoms with Gasteiger partial charge in [0.25, 0.3) is 0 Å². The first kappa shape index (κ1) is 24.6. The van der Waals surface area contributed by atoms with Gasteiger partial charge >= 0.3 is 0 Å². The Morgan fingerprint density at radius 2 is 1.89 bits per heavy atom. The molecule has 3 N–H and O–H groups in total. The summed E-state index contributed by atoms with van der Waals surface area (Å²) in [6, 6.07) is 4.00. The van der Waals surface area contributed by atoms with Crippen LogP contribution >= 0.6 is 9.24 Å². The standard InChI is InChI=1S/C23H39N2O2P/c1-4-5-6-7-8-9-14-27-23-21(24)16-20(17-22(23)26-3)18-25-13-10-11-19(2)12-15-28/h16-17,19,25H,4-11,13-14,18,24,28H2,1-3H3. The fraction of sp³-hybridized carbons (Fsp3) is 0.652. The highest BCUT2D eigenvalue weighted by Crippen LogP contribution is 2.35. The molecule has 1 aromatic rings. The van der Waals surface area contributed by atoms with Crippen LogP contribution in [0.2, 0.25) is 0 Å². The molecule has 0 fully saturated rings. The quantitative estimate of drug-likeness (QED) is 0.178. The van der Waals surface area contributed by atoms with Crippen LogP contribution in [0, 0.1) is 17.5 Å². The van der Waals surface area contributed by atoms with E-state index in [1.54, 1.807) is 7.11 Å². The van der Waals surface area contributed by atoms with E-state index in [1.807, 2.05) is 12.1 Å². The van der Waals surface area contributed by atoms with Gasteiger partial charge in [-0.15, -0.1) is 0 Å². The summed E-state index contributed by atoms with van der Waals surface area (Å²) < 4.78 is 11.4. The fourth-order valence-electron chi connectivity index (χ4n) is 3.13. The van der Waals surface area contributed by atoms with Crippen LogP contribution in [-0.4, -0.2) is 20.3 Å². The molecule has 0 aliphatic rings. The van der Waals surface area contributed by atoms with Crippen molar-refractivity contribution in [1.82, 2.24) is 5.32 Å². The Bertz CT molecular complexity index is 611. The molecule has 4 nitrogen and oxygen atoms in total. The SMILES string of the molecule is CCCCCCCCOc1c(N)cc(CNCCCC(C)C#CP)cc1OC. The predicted molar refractivity (Wildman–Crippen MR) is 124 cm³/mol. The monoisotopic (exact) mass is 406 g/mol. The number of ether oxygens (including phenoxy) is 2. The van der Waals surface area contributed by atoms with Crippen LogP contribution in [0.1, 0.15) is 70.8 Å². The zero-order chi connectivity index (χ0) is 20.6. The summed E-state index contributed by atoms with van der Waals surface area (Å²) in [5.41, 5.74) is 10.9. The fourth-order valence-corrected chi connectivity index (χ4v) is 3.41. The van der Waals surface area contributed by atoms with Gasteiger partial charge in [0.15, 0.2) is 11.5 Å². The predicted octanol–water partition coefficient (Wildman–Crippen LogP) is 5.36. The molecule has 0 aliphatic heterocycles. The summed E-state index contributed by atoms with van der Waals surface area (Å²) in [7, 11) is 4.12. The van der Waals surface area contributed by atoms with Crippen LogP contribution in [0.4, 0.5) is 5.69 Å². The highest BCUT2D eigenvalue weighted by Gasteiger charge is 2.11. The molecule has 1 aromatic carbocycles. The Kier molecular flexibility index (Phi) is 13.6. The van der Waals surface area contributed by atoms with Crippen LogP contribution in [-0.2, 0) is 6.54 Å². The van der Waals surface area contributed by atoms with Crippen molar-refractivity contribution in [3.8, 4) is 23.1 Å². The number of nitrogen functional groups attached to an aromatic ring is 1. The first-order valence-electron chi connectivity index (χ1n) is 10.6. The van der Waals surface area contributed by atoms with Crippen LogP contribution in [0.25, 0.3) is 0 Å². The first-order valence-corrected chi connectivity index (χ1v) is 11.2. The molecule has 0 heterocycles. The summed E-state index contributed by atoms with van der Waals surface area (Å²) in [5, 5.41) is 3.47. The zero-order valence-corrected chi connectivity index (χ0v) is 19.1. The third-order valence-electron chi connectivity index (χ3n) is 4.76. The van der Waals surface area contributed by atoms with Crippen LogP contribution in [0.5, 0.6) is 11.5 Å². The number of nitrogens with two attached hydrogens (primary N) is 1. The minimum atomic E-state index is 0.443. The second-order valence-corrected chi connectivity index (χ2v) is 7.63. The lowest BCUT2D eigenvalue weighted by Gasteiger charge is -2.15.